The molecule has 1 rings (SSSR count). The zero-order chi connectivity index (χ0) is 14.6. The Labute approximate surface area is 120 Å². The van der Waals surface area contributed by atoms with Crippen molar-refractivity contribution < 1.29 is 14.7 Å². The van der Waals surface area contributed by atoms with Crippen LogP contribution in [0, 0.1) is 5.92 Å². The molecule has 104 valence electrons. The number of carbonyl (C=O) groups excluding carboxylic acids is 1. The van der Waals surface area contributed by atoms with Crippen molar-refractivity contribution in [2.24, 2.45) is 11.7 Å². The maximum atomic E-state index is 11.7. The number of anilines is 1. The molecule has 0 aliphatic carbocycles. The monoisotopic (exact) mass is 328 g/mol. The van der Waals surface area contributed by atoms with Gasteiger partial charge in [-0.1, -0.05) is 13.8 Å². The Morgan fingerprint density at radius 2 is 2.05 bits per heavy atom. The average molecular weight is 329 g/mol. The number of hydrogen-bond acceptors (Lipinski definition) is 3. The van der Waals surface area contributed by atoms with Gasteiger partial charge in [-0.15, -0.1) is 0 Å². The van der Waals surface area contributed by atoms with Gasteiger partial charge in [-0.05, 0) is 40.0 Å². The van der Waals surface area contributed by atoms with Crippen LogP contribution in [0.5, 0.6) is 0 Å². The van der Waals surface area contributed by atoms with Crippen LogP contribution in [0.3, 0.4) is 0 Å². The number of benzene rings is 1. The van der Waals surface area contributed by atoms with Gasteiger partial charge < -0.3 is 16.2 Å². The van der Waals surface area contributed by atoms with Crippen LogP contribution >= 0.6 is 15.9 Å². The molecule has 1 unspecified atom stereocenters. The molecule has 0 radical (unpaired) electrons. The number of amides is 1. The third kappa shape index (κ3) is 4.65. The van der Waals surface area contributed by atoms with E-state index < -0.39 is 5.97 Å². The molecule has 5 nitrogen and oxygen atoms in total. The Morgan fingerprint density at radius 3 is 2.58 bits per heavy atom. The number of rotatable bonds is 5. The van der Waals surface area contributed by atoms with Crippen LogP contribution in [0.15, 0.2) is 22.7 Å². The third-order valence-corrected chi connectivity index (χ3v) is 3.45. The summed E-state index contributed by atoms with van der Waals surface area (Å²) in [6, 6.07) is 4.41. The van der Waals surface area contributed by atoms with E-state index in [2.05, 4.69) is 21.2 Å². The van der Waals surface area contributed by atoms with Crippen LogP contribution in [0.25, 0.3) is 0 Å². The second-order valence-corrected chi connectivity index (χ2v) is 5.51. The summed E-state index contributed by atoms with van der Waals surface area (Å²) in [5.41, 5.74) is 6.36. The Bertz CT molecular complexity index is 489. The van der Waals surface area contributed by atoms with Gasteiger partial charge in [0.1, 0.15) is 0 Å². The van der Waals surface area contributed by atoms with Crippen molar-refractivity contribution in [2.75, 3.05) is 5.32 Å². The molecule has 0 heterocycles. The fraction of sp³-hybridized carbons (Fsp3) is 0.385. The largest absolute Gasteiger partial charge is 0.478 e. The number of carboxylic acids is 1. The van der Waals surface area contributed by atoms with Crippen molar-refractivity contribution >= 4 is 33.5 Å². The Morgan fingerprint density at radius 1 is 1.42 bits per heavy atom. The third-order valence-electron chi connectivity index (χ3n) is 2.76. The first-order valence-corrected chi connectivity index (χ1v) is 6.69. The highest BCUT2D eigenvalue weighted by molar-refractivity contribution is 9.10. The summed E-state index contributed by atoms with van der Waals surface area (Å²) in [5, 5.41) is 11.6. The van der Waals surface area contributed by atoms with E-state index >= 15 is 0 Å². The molecule has 0 aliphatic rings. The molecule has 1 atom stereocenters. The lowest BCUT2D eigenvalue weighted by Crippen LogP contribution is -2.31. The lowest BCUT2D eigenvalue weighted by atomic mass is 10.0. The van der Waals surface area contributed by atoms with Gasteiger partial charge in [0.15, 0.2) is 0 Å². The first-order chi connectivity index (χ1) is 8.81. The zero-order valence-corrected chi connectivity index (χ0v) is 12.4. The highest BCUT2D eigenvalue weighted by Gasteiger charge is 2.14. The Balaban J connectivity index is 2.75. The van der Waals surface area contributed by atoms with Crippen LogP contribution in [-0.4, -0.2) is 23.0 Å². The van der Waals surface area contributed by atoms with Gasteiger partial charge >= 0.3 is 5.97 Å². The molecular weight excluding hydrogens is 312 g/mol. The number of aromatic carboxylic acids is 1. The molecule has 4 N–H and O–H groups in total. The number of carboxylic acid groups (broad SMARTS) is 1. The molecule has 1 aromatic rings. The van der Waals surface area contributed by atoms with Gasteiger partial charge in [0.25, 0.3) is 0 Å². The standard InChI is InChI=1S/C13H17BrN2O3/c1-7(2)11(15)6-12(17)16-8-3-4-10(14)9(5-8)13(18)19/h3-5,7,11H,6,15H2,1-2H3,(H,16,17)(H,18,19). The van der Waals surface area contributed by atoms with Crippen LogP contribution in [-0.2, 0) is 4.79 Å². The summed E-state index contributed by atoms with van der Waals surface area (Å²) >= 11 is 3.14. The van der Waals surface area contributed by atoms with Crippen LogP contribution in [0.2, 0.25) is 0 Å². The van der Waals surface area contributed by atoms with Crippen molar-refractivity contribution in [2.45, 2.75) is 26.3 Å². The highest BCUT2D eigenvalue weighted by Crippen LogP contribution is 2.21. The molecule has 19 heavy (non-hydrogen) atoms. The molecule has 0 fully saturated rings. The van der Waals surface area contributed by atoms with Gasteiger partial charge in [-0.3, -0.25) is 4.79 Å². The van der Waals surface area contributed by atoms with E-state index in [9.17, 15) is 9.59 Å². The molecule has 0 aliphatic heterocycles. The number of halogens is 1. The quantitative estimate of drug-likeness (QED) is 0.774. The number of hydrogen-bond donors (Lipinski definition) is 3. The predicted octanol–water partition coefficient (Wildman–Crippen LogP) is 2.46. The summed E-state index contributed by atoms with van der Waals surface area (Å²) in [4.78, 5) is 22.7. The first kappa shape index (κ1) is 15.7. The van der Waals surface area contributed by atoms with Gasteiger partial charge in [0, 0.05) is 22.6 Å². The lowest BCUT2D eigenvalue weighted by molar-refractivity contribution is -0.116. The molecular formula is C13H17BrN2O3. The second kappa shape index (κ2) is 6.68. The zero-order valence-electron chi connectivity index (χ0n) is 10.8. The van der Waals surface area contributed by atoms with E-state index in [4.69, 9.17) is 10.8 Å². The highest BCUT2D eigenvalue weighted by atomic mass is 79.9. The minimum atomic E-state index is -1.05. The molecule has 1 amide bonds. The minimum Gasteiger partial charge on any atom is -0.478 e. The smallest absolute Gasteiger partial charge is 0.336 e. The van der Waals surface area contributed by atoms with Crippen molar-refractivity contribution in [3.63, 3.8) is 0 Å². The number of carbonyl (C=O) groups is 2. The lowest BCUT2D eigenvalue weighted by Gasteiger charge is -2.15. The fourth-order valence-corrected chi connectivity index (χ4v) is 1.84. The van der Waals surface area contributed by atoms with Gasteiger partial charge in [-0.25, -0.2) is 4.79 Å². The Kier molecular flexibility index (Phi) is 5.50. The average Bonchev–Trinajstić information content (AvgIpc) is 2.30. The number of nitrogens with two attached hydrogens (primary N) is 1. The Hall–Kier alpha value is -1.40. The van der Waals surface area contributed by atoms with Gasteiger partial charge in [0.2, 0.25) is 5.91 Å². The molecule has 0 saturated carbocycles. The summed E-state index contributed by atoms with van der Waals surface area (Å²) < 4.78 is 0.469. The van der Waals surface area contributed by atoms with Crippen molar-refractivity contribution in [3.05, 3.63) is 28.2 Å². The minimum absolute atomic E-state index is 0.103. The summed E-state index contributed by atoms with van der Waals surface area (Å²) in [6.45, 7) is 3.89. The number of nitrogens with one attached hydrogen (secondary N) is 1. The maximum absolute atomic E-state index is 11.7. The van der Waals surface area contributed by atoms with Crippen molar-refractivity contribution in [1.82, 2.24) is 0 Å². The van der Waals surface area contributed by atoms with Crippen LogP contribution < -0.4 is 11.1 Å². The SMILES string of the molecule is CC(C)C(N)CC(=O)Nc1ccc(Br)c(C(=O)O)c1. The van der Waals surface area contributed by atoms with E-state index in [1.165, 1.54) is 6.07 Å². The molecule has 6 heteroatoms. The van der Waals surface area contributed by atoms with Crippen molar-refractivity contribution in [1.29, 1.82) is 0 Å². The van der Waals surface area contributed by atoms with E-state index in [0.717, 1.165) is 0 Å². The fourth-order valence-electron chi connectivity index (χ4n) is 1.43. The second-order valence-electron chi connectivity index (χ2n) is 4.66. The van der Waals surface area contributed by atoms with E-state index in [0.29, 0.717) is 10.2 Å². The van der Waals surface area contributed by atoms with E-state index in [-0.39, 0.29) is 29.9 Å². The normalized spacial score (nSPS) is 12.3. The summed E-state index contributed by atoms with van der Waals surface area (Å²) in [6.07, 6.45) is 0.204. The van der Waals surface area contributed by atoms with Crippen LogP contribution in [0.4, 0.5) is 5.69 Å². The first-order valence-electron chi connectivity index (χ1n) is 5.89. The predicted molar refractivity (Wildman–Crippen MR) is 77.2 cm³/mol. The maximum Gasteiger partial charge on any atom is 0.336 e. The van der Waals surface area contributed by atoms with Gasteiger partial charge in [-0.2, -0.15) is 0 Å². The molecule has 0 saturated heterocycles. The van der Waals surface area contributed by atoms with Gasteiger partial charge in [0.05, 0.1) is 5.56 Å². The van der Waals surface area contributed by atoms with Crippen LogP contribution in [0.1, 0.15) is 30.6 Å². The summed E-state index contributed by atoms with van der Waals surface area (Å²) in [5.74, 6) is -1.06. The molecule has 1 aromatic carbocycles. The van der Waals surface area contributed by atoms with Crippen molar-refractivity contribution in [3.8, 4) is 0 Å². The molecule has 0 bridgehead atoms. The molecule has 0 aromatic heterocycles. The topological polar surface area (TPSA) is 92.4 Å². The van der Waals surface area contributed by atoms with E-state index in [1.807, 2.05) is 13.8 Å². The molecule has 0 spiro atoms. The summed E-state index contributed by atoms with van der Waals surface area (Å²) in [7, 11) is 0. The van der Waals surface area contributed by atoms with E-state index in [1.54, 1.807) is 12.1 Å².